The molecule has 1 aromatic carbocycles. The first-order valence-electron chi connectivity index (χ1n) is 6.55. The zero-order valence-electron chi connectivity index (χ0n) is 11.0. The monoisotopic (exact) mass is 431 g/mol. The number of benzene rings is 1. The average molecular weight is 433 g/mol. The van der Waals surface area contributed by atoms with E-state index in [0.29, 0.717) is 17.7 Å². The molecule has 0 atom stereocenters. The number of carbonyl (C=O) groups is 1. The second-order valence-electron chi connectivity index (χ2n) is 4.99. The Kier molecular flexibility index (Phi) is 4.47. The van der Waals surface area contributed by atoms with E-state index in [1.807, 2.05) is 6.07 Å². The molecule has 1 saturated carbocycles. The van der Waals surface area contributed by atoms with Gasteiger partial charge in [-0.2, -0.15) is 0 Å². The molecular weight excluding hydrogens is 421 g/mol. The lowest BCUT2D eigenvalue weighted by molar-refractivity contribution is 0.0728. The van der Waals surface area contributed by atoms with Crippen LogP contribution in [0.25, 0.3) is 0 Å². The summed E-state index contributed by atoms with van der Waals surface area (Å²) in [7, 11) is 0. The zero-order chi connectivity index (χ0) is 15.0. The molecule has 1 aliphatic carbocycles. The first kappa shape index (κ1) is 15.2. The minimum Gasteiger partial charge on any atom is -0.331 e. The highest BCUT2D eigenvalue weighted by molar-refractivity contribution is 9.12. The predicted molar refractivity (Wildman–Crippen MR) is 89.0 cm³/mol. The van der Waals surface area contributed by atoms with Gasteiger partial charge in [-0.15, -0.1) is 11.3 Å². The summed E-state index contributed by atoms with van der Waals surface area (Å²) in [5.41, 5.74) is 1.19. The van der Waals surface area contributed by atoms with Gasteiger partial charge in [-0.05, 0) is 56.8 Å². The smallest absolute Gasteiger partial charge is 0.256 e. The summed E-state index contributed by atoms with van der Waals surface area (Å²) in [6.07, 6.45) is 1.98. The van der Waals surface area contributed by atoms with Crippen molar-refractivity contribution >= 4 is 49.1 Å². The van der Waals surface area contributed by atoms with Crippen LogP contribution in [0.5, 0.6) is 0 Å². The van der Waals surface area contributed by atoms with Gasteiger partial charge in [-0.3, -0.25) is 4.79 Å². The summed E-state index contributed by atoms with van der Waals surface area (Å²) in [6, 6.07) is 8.66. The van der Waals surface area contributed by atoms with Crippen molar-refractivity contribution in [1.29, 1.82) is 0 Å². The third kappa shape index (κ3) is 3.38. The average Bonchev–Trinajstić information content (AvgIpc) is 3.22. The van der Waals surface area contributed by atoms with E-state index in [2.05, 4.69) is 31.9 Å². The molecule has 1 fully saturated rings. The molecule has 0 saturated heterocycles. The lowest BCUT2D eigenvalue weighted by Crippen LogP contribution is -2.32. The fourth-order valence-corrected chi connectivity index (χ4v) is 4.98. The van der Waals surface area contributed by atoms with E-state index in [0.717, 1.165) is 20.4 Å². The number of carbonyl (C=O) groups excluding carboxylic acids is 1. The summed E-state index contributed by atoms with van der Waals surface area (Å²) in [5.74, 6) is -0.309. The van der Waals surface area contributed by atoms with Crippen molar-refractivity contribution in [2.24, 2.45) is 0 Å². The summed E-state index contributed by atoms with van der Waals surface area (Å²) in [6.45, 7) is 0.316. The van der Waals surface area contributed by atoms with Crippen LogP contribution in [0.3, 0.4) is 0 Å². The van der Waals surface area contributed by atoms with Crippen LogP contribution in [0.15, 0.2) is 37.9 Å². The van der Waals surface area contributed by atoms with E-state index < -0.39 is 0 Å². The van der Waals surface area contributed by atoms with Crippen molar-refractivity contribution in [2.45, 2.75) is 25.4 Å². The number of hydrogen-bond donors (Lipinski definition) is 0. The van der Waals surface area contributed by atoms with Crippen LogP contribution in [0, 0.1) is 5.82 Å². The molecule has 6 heteroatoms. The second-order valence-corrected chi connectivity index (χ2v) is 8.74. The standard InChI is InChI=1S/C15H12Br2FNOS/c16-13-7-11(14(17)21-13)15(20)19(10-5-6-10)8-9-3-1-2-4-12(9)18/h1-4,7,10H,5-6,8H2. The molecule has 0 spiro atoms. The quantitative estimate of drug-likeness (QED) is 0.648. The number of halogens is 3. The largest absolute Gasteiger partial charge is 0.331 e. The van der Waals surface area contributed by atoms with Gasteiger partial charge in [0.2, 0.25) is 0 Å². The van der Waals surface area contributed by atoms with Crippen LogP contribution in [-0.4, -0.2) is 16.8 Å². The minimum absolute atomic E-state index is 0.0467. The highest BCUT2D eigenvalue weighted by atomic mass is 79.9. The number of nitrogens with zero attached hydrogens (tertiary/aromatic N) is 1. The number of rotatable bonds is 4. The first-order chi connectivity index (χ1) is 10.1. The normalized spacial score (nSPS) is 14.2. The summed E-state index contributed by atoms with van der Waals surface area (Å²) in [4.78, 5) is 14.5. The highest BCUT2D eigenvalue weighted by Crippen LogP contribution is 2.36. The number of hydrogen-bond acceptors (Lipinski definition) is 2. The Morgan fingerprint density at radius 1 is 1.33 bits per heavy atom. The van der Waals surface area contributed by atoms with Crippen LogP contribution in [0.1, 0.15) is 28.8 Å². The van der Waals surface area contributed by atoms with Crippen molar-refractivity contribution in [3.63, 3.8) is 0 Å². The van der Waals surface area contributed by atoms with Gasteiger partial charge >= 0.3 is 0 Å². The van der Waals surface area contributed by atoms with Crippen LogP contribution < -0.4 is 0 Å². The van der Waals surface area contributed by atoms with E-state index in [9.17, 15) is 9.18 Å². The van der Waals surface area contributed by atoms with Crippen molar-refractivity contribution in [3.8, 4) is 0 Å². The third-order valence-electron chi connectivity index (χ3n) is 3.43. The van der Waals surface area contributed by atoms with Gasteiger partial charge < -0.3 is 4.90 Å². The number of thiophene rings is 1. The maximum atomic E-state index is 13.8. The van der Waals surface area contributed by atoms with Gasteiger partial charge in [0, 0.05) is 18.2 Å². The van der Waals surface area contributed by atoms with Crippen molar-refractivity contribution in [3.05, 3.63) is 54.8 Å². The molecular formula is C15H12Br2FNOS. The van der Waals surface area contributed by atoms with E-state index in [1.54, 1.807) is 23.1 Å². The Bertz CT molecular complexity index is 684. The molecule has 0 N–H and O–H groups in total. The third-order valence-corrected chi connectivity index (χ3v) is 5.77. The Hall–Kier alpha value is -0.720. The van der Waals surface area contributed by atoms with E-state index in [1.165, 1.54) is 17.4 Å². The van der Waals surface area contributed by atoms with Gasteiger partial charge in [0.1, 0.15) is 5.82 Å². The lowest BCUT2D eigenvalue weighted by Gasteiger charge is -2.22. The van der Waals surface area contributed by atoms with Gasteiger partial charge in [0.05, 0.1) is 13.1 Å². The predicted octanol–water partition coefficient (Wildman–Crippen LogP) is 5.22. The molecule has 0 radical (unpaired) electrons. The Labute approximate surface area is 143 Å². The maximum absolute atomic E-state index is 13.8. The fourth-order valence-electron chi connectivity index (χ4n) is 2.20. The van der Waals surface area contributed by atoms with Crippen molar-refractivity contribution < 1.29 is 9.18 Å². The Morgan fingerprint density at radius 3 is 2.62 bits per heavy atom. The van der Waals surface area contributed by atoms with Crippen LogP contribution in [-0.2, 0) is 6.54 Å². The molecule has 0 bridgehead atoms. The van der Waals surface area contributed by atoms with Crippen molar-refractivity contribution in [1.82, 2.24) is 4.90 Å². The van der Waals surface area contributed by atoms with Crippen LogP contribution >= 0.6 is 43.2 Å². The van der Waals surface area contributed by atoms with Gasteiger partial charge in [0.25, 0.3) is 5.91 Å². The van der Waals surface area contributed by atoms with Crippen LogP contribution in [0.4, 0.5) is 4.39 Å². The molecule has 1 aliphatic rings. The molecule has 2 aromatic rings. The zero-order valence-corrected chi connectivity index (χ0v) is 15.0. The molecule has 1 amide bonds. The summed E-state index contributed by atoms with van der Waals surface area (Å²) >= 11 is 8.28. The summed E-state index contributed by atoms with van der Waals surface area (Å²) in [5, 5.41) is 0. The fraction of sp³-hybridized carbons (Fsp3) is 0.267. The van der Waals surface area contributed by atoms with E-state index >= 15 is 0 Å². The molecule has 3 rings (SSSR count). The van der Waals surface area contributed by atoms with Gasteiger partial charge in [-0.1, -0.05) is 18.2 Å². The van der Waals surface area contributed by atoms with E-state index in [-0.39, 0.29) is 17.8 Å². The van der Waals surface area contributed by atoms with Crippen molar-refractivity contribution in [2.75, 3.05) is 0 Å². The highest BCUT2D eigenvalue weighted by Gasteiger charge is 2.34. The van der Waals surface area contributed by atoms with Gasteiger partial charge in [-0.25, -0.2) is 4.39 Å². The molecule has 2 nitrogen and oxygen atoms in total. The second kappa shape index (κ2) is 6.18. The molecule has 0 unspecified atom stereocenters. The topological polar surface area (TPSA) is 20.3 Å². The number of amides is 1. The first-order valence-corrected chi connectivity index (χ1v) is 8.95. The minimum atomic E-state index is -0.262. The molecule has 1 heterocycles. The molecule has 21 heavy (non-hydrogen) atoms. The van der Waals surface area contributed by atoms with E-state index in [4.69, 9.17) is 0 Å². The summed E-state index contributed by atoms with van der Waals surface area (Å²) < 4.78 is 15.5. The van der Waals surface area contributed by atoms with Gasteiger partial charge in [0.15, 0.2) is 0 Å². The lowest BCUT2D eigenvalue weighted by atomic mass is 10.2. The molecule has 1 aromatic heterocycles. The Morgan fingerprint density at radius 2 is 2.05 bits per heavy atom. The SMILES string of the molecule is O=C(c1cc(Br)sc1Br)N(Cc1ccccc1F)C1CC1. The Balaban J connectivity index is 1.87. The maximum Gasteiger partial charge on any atom is 0.256 e. The molecule has 110 valence electrons. The molecule has 0 aliphatic heterocycles. The van der Waals surface area contributed by atoms with Crippen LogP contribution in [0.2, 0.25) is 0 Å².